The van der Waals surface area contributed by atoms with E-state index in [-0.39, 0.29) is 18.6 Å². The van der Waals surface area contributed by atoms with E-state index in [0.717, 1.165) is 18.4 Å². The van der Waals surface area contributed by atoms with Gasteiger partial charge in [-0.3, -0.25) is 9.78 Å². The molecule has 1 aromatic carbocycles. The fraction of sp³-hybridized carbons (Fsp3) is 0.333. The number of aromatic nitrogens is 1. The Morgan fingerprint density at radius 1 is 1.23 bits per heavy atom. The summed E-state index contributed by atoms with van der Waals surface area (Å²) < 4.78 is 0. The second kappa shape index (κ2) is 6.71. The summed E-state index contributed by atoms with van der Waals surface area (Å²) in [6, 6.07) is 13.3. The van der Waals surface area contributed by atoms with Crippen LogP contribution in [0.3, 0.4) is 0 Å². The van der Waals surface area contributed by atoms with Gasteiger partial charge in [-0.05, 0) is 36.5 Å². The zero-order valence-electron chi connectivity index (χ0n) is 12.4. The van der Waals surface area contributed by atoms with Crippen molar-refractivity contribution in [2.45, 2.75) is 25.4 Å². The second-order valence-electron chi connectivity index (χ2n) is 5.75. The highest BCUT2D eigenvalue weighted by Crippen LogP contribution is 2.36. The lowest BCUT2D eigenvalue weighted by Gasteiger charge is -2.31. The SMILES string of the molecule is O=C(c1cccnc1)N(Cc1ccccc1)[C@@H](CO)C1CC1. The van der Waals surface area contributed by atoms with Crippen molar-refractivity contribution in [3.63, 3.8) is 0 Å². The van der Waals surface area contributed by atoms with E-state index in [2.05, 4.69) is 4.98 Å². The van der Waals surface area contributed by atoms with Crippen LogP contribution in [0.1, 0.15) is 28.8 Å². The first-order valence-electron chi connectivity index (χ1n) is 7.65. The molecule has 1 atom stereocenters. The molecule has 1 fully saturated rings. The molecule has 0 bridgehead atoms. The average Bonchev–Trinajstić information content (AvgIpc) is 3.41. The molecule has 1 aliphatic carbocycles. The first-order valence-corrected chi connectivity index (χ1v) is 7.65. The first kappa shape index (κ1) is 14.7. The number of aliphatic hydroxyl groups is 1. The summed E-state index contributed by atoms with van der Waals surface area (Å²) in [7, 11) is 0. The summed E-state index contributed by atoms with van der Waals surface area (Å²) in [5.41, 5.74) is 1.64. The molecule has 0 radical (unpaired) electrons. The molecule has 1 aromatic heterocycles. The maximum atomic E-state index is 12.9. The van der Waals surface area contributed by atoms with Crippen LogP contribution in [-0.2, 0) is 6.54 Å². The van der Waals surface area contributed by atoms with Gasteiger partial charge < -0.3 is 10.0 Å². The fourth-order valence-electron chi connectivity index (χ4n) is 2.76. The third-order valence-electron chi connectivity index (χ3n) is 4.12. The monoisotopic (exact) mass is 296 g/mol. The van der Waals surface area contributed by atoms with E-state index in [1.54, 1.807) is 29.4 Å². The van der Waals surface area contributed by atoms with E-state index in [1.165, 1.54) is 0 Å². The van der Waals surface area contributed by atoms with Gasteiger partial charge >= 0.3 is 0 Å². The highest BCUT2D eigenvalue weighted by atomic mass is 16.3. The quantitative estimate of drug-likeness (QED) is 0.891. The fourth-order valence-corrected chi connectivity index (χ4v) is 2.76. The van der Waals surface area contributed by atoms with Gasteiger partial charge in [-0.1, -0.05) is 30.3 Å². The Balaban J connectivity index is 1.86. The van der Waals surface area contributed by atoms with Gasteiger partial charge in [-0.25, -0.2) is 0 Å². The highest BCUT2D eigenvalue weighted by molar-refractivity contribution is 5.94. The Labute approximate surface area is 130 Å². The molecule has 1 N–H and O–H groups in total. The molecule has 3 rings (SSSR count). The summed E-state index contributed by atoms with van der Waals surface area (Å²) in [5.74, 6) is 0.345. The Morgan fingerprint density at radius 2 is 2.00 bits per heavy atom. The molecule has 0 saturated heterocycles. The Kier molecular flexibility index (Phi) is 4.49. The normalized spacial score (nSPS) is 15.3. The van der Waals surface area contributed by atoms with Crippen LogP contribution in [0.25, 0.3) is 0 Å². The smallest absolute Gasteiger partial charge is 0.256 e. The van der Waals surface area contributed by atoms with Crippen LogP contribution in [0, 0.1) is 5.92 Å². The Morgan fingerprint density at radius 3 is 2.59 bits per heavy atom. The van der Waals surface area contributed by atoms with Crippen molar-refractivity contribution in [3.8, 4) is 0 Å². The number of aliphatic hydroxyl groups excluding tert-OH is 1. The number of benzene rings is 1. The molecule has 1 heterocycles. The van der Waals surface area contributed by atoms with Gasteiger partial charge in [0, 0.05) is 18.9 Å². The van der Waals surface area contributed by atoms with Crippen LogP contribution in [0.4, 0.5) is 0 Å². The van der Waals surface area contributed by atoms with Crippen molar-refractivity contribution in [3.05, 3.63) is 66.0 Å². The first-order chi connectivity index (χ1) is 10.8. The summed E-state index contributed by atoms with van der Waals surface area (Å²) in [4.78, 5) is 18.7. The lowest BCUT2D eigenvalue weighted by Crippen LogP contribution is -2.43. The summed E-state index contributed by atoms with van der Waals surface area (Å²) in [5, 5.41) is 9.77. The number of amides is 1. The zero-order chi connectivity index (χ0) is 15.4. The predicted octanol–water partition coefficient (Wildman–Crippen LogP) is 2.49. The molecular formula is C18H20N2O2. The van der Waals surface area contributed by atoms with Crippen LogP contribution >= 0.6 is 0 Å². The maximum Gasteiger partial charge on any atom is 0.256 e. The van der Waals surface area contributed by atoms with Gasteiger partial charge in [-0.15, -0.1) is 0 Å². The van der Waals surface area contributed by atoms with E-state index in [9.17, 15) is 9.90 Å². The summed E-state index contributed by atoms with van der Waals surface area (Å²) >= 11 is 0. The number of carbonyl (C=O) groups excluding carboxylic acids is 1. The third-order valence-corrected chi connectivity index (χ3v) is 4.12. The molecule has 1 aliphatic rings. The molecule has 2 aromatic rings. The number of hydrogen-bond donors (Lipinski definition) is 1. The average molecular weight is 296 g/mol. The number of carbonyl (C=O) groups is 1. The zero-order valence-corrected chi connectivity index (χ0v) is 12.4. The van der Waals surface area contributed by atoms with Crippen molar-refractivity contribution >= 4 is 5.91 Å². The van der Waals surface area contributed by atoms with Crippen molar-refractivity contribution in [2.24, 2.45) is 5.92 Å². The van der Waals surface area contributed by atoms with Gasteiger partial charge in [0.15, 0.2) is 0 Å². The van der Waals surface area contributed by atoms with E-state index < -0.39 is 0 Å². The predicted molar refractivity (Wildman–Crippen MR) is 84.2 cm³/mol. The van der Waals surface area contributed by atoms with E-state index in [0.29, 0.717) is 18.0 Å². The maximum absolute atomic E-state index is 12.9. The van der Waals surface area contributed by atoms with Crippen molar-refractivity contribution in [1.29, 1.82) is 0 Å². The lowest BCUT2D eigenvalue weighted by atomic mass is 10.1. The van der Waals surface area contributed by atoms with Crippen LogP contribution in [0.5, 0.6) is 0 Å². The Hall–Kier alpha value is -2.20. The second-order valence-corrected chi connectivity index (χ2v) is 5.75. The molecule has 114 valence electrons. The number of rotatable bonds is 6. The van der Waals surface area contributed by atoms with Gasteiger partial charge in [0.25, 0.3) is 5.91 Å². The standard InChI is InChI=1S/C18H20N2O2/c21-13-17(15-8-9-15)20(12-14-5-2-1-3-6-14)18(22)16-7-4-10-19-11-16/h1-7,10-11,15,17,21H,8-9,12-13H2/t17-/m0/s1. The number of nitrogens with zero attached hydrogens (tertiary/aromatic N) is 2. The van der Waals surface area contributed by atoms with Gasteiger partial charge in [0.2, 0.25) is 0 Å². The number of hydrogen-bond acceptors (Lipinski definition) is 3. The van der Waals surface area contributed by atoms with Crippen molar-refractivity contribution in [1.82, 2.24) is 9.88 Å². The minimum Gasteiger partial charge on any atom is -0.394 e. The molecule has 1 saturated carbocycles. The van der Waals surface area contributed by atoms with E-state index >= 15 is 0 Å². The minimum absolute atomic E-state index is 0.00347. The third kappa shape index (κ3) is 3.34. The van der Waals surface area contributed by atoms with Gasteiger partial charge in [0.1, 0.15) is 0 Å². The summed E-state index contributed by atoms with van der Waals surface area (Å²) in [6.07, 6.45) is 5.40. The molecule has 22 heavy (non-hydrogen) atoms. The van der Waals surface area contributed by atoms with Crippen LogP contribution in [0.15, 0.2) is 54.9 Å². The van der Waals surface area contributed by atoms with E-state index in [1.807, 2.05) is 30.3 Å². The lowest BCUT2D eigenvalue weighted by molar-refractivity contribution is 0.0531. The molecule has 0 unspecified atom stereocenters. The van der Waals surface area contributed by atoms with Gasteiger partial charge in [-0.2, -0.15) is 0 Å². The molecule has 4 heteroatoms. The van der Waals surface area contributed by atoms with E-state index in [4.69, 9.17) is 0 Å². The largest absolute Gasteiger partial charge is 0.394 e. The topological polar surface area (TPSA) is 53.4 Å². The van der Waals surface area contributed by atoms with Crippen molar-refractivity contribution in [2.75, 3.05) is 6.61 Å². The minimum atomic E-state index is -0.118. The molecule has 4 nitrogen and oxygen atoms in total. The van der Waals surface area contributed by atoms with Crippen LogP contribution < -0.4 is 0 Å². The molecular weight excluding hydrogens is 276 g/mol. The van der Waals surface area contributed by atoms with Crippen LogP contribution in [-0.4, -0.2) is 33.5 Å². The molecule has 0 spiro atoms. The summed E-state index contributed by atoms with van der Waals surface area (Å²) in [6.45, 7) is 0.514. The van der Waals surface area contributed by atoms with Crippen molar-refractivity contribution < 1.29 is 9.90 Å². The highest BCUT2D eigenvalue weighted by Gasteiger charge is 2.37. The van der Waals surface area contributed by atoms with Crippen LogP contribution in [0.2, 0.25) is 0 Å². The molecule has 1 amide bonds. The molecule has 0 aliphatic heterocycles. The number of pyridine rings is 1. The van der Waals surface area contributed by atoms with Gasteiger partial charge in [0.05, 0.1) is 18.2 Å². The Bertz CT molecular complexity index is 611.